The lowest BCUT2D eigenvalue weighted by atomic mass is 10.1. The lowest BCUT2D eigenvalue weighted by molar-refractivity contribution is -0.133. The van der Waals surface area contributed by atoms with Crippen molar-refractivity contribution in [2.45, 2.75) is 32.9 Å². The largest absolute Gasteiger partial charge is 0.337 e. The van der Waals surface area contributed by atoms with Crippen LogP contribution in [0, 0.1) is 0 Å². The monoisotopic (exact) mass is 448 g/mol. The van der Waals surface area contributed by atoms with Crippen LogP contribution >= 0.6 is 11.3 Å². The van der Waals surface area contributed by atoms with Crippen LogP contribution in [0.1, 0.15) is 26.2 Å². The van der Waals surface area contributed by atoms with E-state index in [2.05, 4.69) is 10.1 Å². The van der Waals surface area contributed by atoms with Gasteiger partial charge in [-0.05, 0) is 36.9 Å². The van der Waals surface area contributed by atoms with E-state index in [0.29, 0.717) is 30.4 Å². The second kappa shape index (κ2) is 9.40. The second-order valence-electron chi connectivity index (χ2n) is 6.66. The summed E-state index contributed by atoms with van der Waals surface area (Å²) >= 11 is 1.49. The van der Waals surface area contributed by atoms with Crippen molar-refractivity contribution in [3.05, 3.63) is 53.7 Å². The summed E-state index contributed by atoms with van der Waals surface area (Å²) in [5.41, 5.74) is 0.453. The predicted molar refractivity (Wildman–Crippen MR) is 117 cm³/mol. The number of amides is 1. The summed E-state index contributed by atoms with van der Waals surface area (Å²) in [6.07, 6.45) is 1.43. The SMILES string of the molecule is CC[C@H](C(=O)N(CC)Cc1nc(-c2cccs2)no1)N(c1ccccc1)S(C)(=O)=O. The third kappa shape index (κ3) is 4.88. The number of benzene rings is 1. The van der Waals surface area contributed by atoms with E-state index < -0.39 is 16.1 Å². The van der Waals surface area contributed by atoms with Crippen molar-refractivity contribution in [3.63, 3.8) is 0 Å². The first-order valence-corrected chi connectivity index (χ1v) is 12.3. The topological polar surface area (TPSA) is 96.6 Å². The van der Waals surface area contributed by atoms with E-state index in [9.17, 15) is 13.2 Å². The van der Waals surface area contributed by atoms with Crippen molar-refractivity contribution in [3.8, 4) is 10.7 Å². The number of anilines is 1. The fraction of sp³-hybridized carbons (Fsp3) is 0.350. The van der Waals surface area contributed by atoms with E-state index in [4.69, 9.17) is 4.52 Å². The lowest BCUT2D eigenvalue weighted by Crippen LogP contribution is -2.50. The first-order chi connectivity index (χ1) is 14.3. The van der Waals surface area contributed by atoms with Gasteiger partial charge in [0.2, 0.25) is 27.6 Å². The van der Waals surface area contributed by atoms with E-state index in [0.717, 1.165) is 11.1 Å². The maximum absolute atomic E-state index is 13.3. The smallest absolute Gasteiger partial charge is 0.246 e. The van der Waals surface area contributed by atoms with E-state index in [-0.39, 0.29) is 12.5 Å². The highest BCUT2D eigenvalue weighted by molar-refractivity contribution is 7.92. The molecule has 3 rings (SSSR count). The Labute approximate surface area is 180 Å². The van der Waals surface area contributed by atoms with Gasteiger partial charge in [-0.3, -0.25) is 9.10 Å². The summed E-state index contributed by atoms with van der Waals surface area (Å²) in [5.74, 6) is 0.455. The van der Waals surface area contributed by atoms with Gasteiger partial charge in [-0.15, -0.1) is 11.3 Å². The number of thiophene rings is 1. The molecule has 0 aliphatic heterocycles. The van der Waals surface area contributed by atoms with Crippen molar-refractivity contribution < 1.29 is 17.7 Å². The molecule has 0 N–H and O–H groups in total. The summed E-state index contributed by atoms with van der Waals surface area (Å²) in [6.45, 7) is 4.10. The molecule has 0 aliphatic rings. The lowest BCUT2D eigenvalue weighted by Gasteiger charge is -2.33. The van der Waals surface area contributed by atoms with Gasteiger partial charge < -0.3 is 9.42 Å². The van der Waals surface area contributed by atoms with E-state index in [1.807, 2.05) is 24.4 Å². The molecular weight excluding hydrogens is 424 g/mol. The number of nitrogens with zero attached hydrogens (tertiary/aromatic N) is 4. The maximum Gasteiger partial charge on any atom is 0.246 e. The number of likely N-dealkylation sites (N-methyl/N-ethyl adjacent to an activating group) is 1. The van der Waals surface area contributed by atoms with Crippen LogP contribution in [0.15, 0.2) is 52.4 Å². The van der Waals surface area contributed by atoms with Crippen molar-refractivity contribution in [2.75, 3.05) is 17.1 Å². The Bertz CT molecular complexity index is 1070. The van der Waals surface area contributed by atoms with Crippen LogP contribution in [0.2, 0.25) is 0 Å². The zero-order valence-corrected chi connectivity index (χ0v) is 18.7. The van der Waals surface area contributed by atoms with Crippen LogP contribution in [-0.4, -0.2) is 48.2 Å². The summed E-state index contributed by atoms with van der Waals surface area (Å²) in [7, 11) is -3.68. The molecule has 0 saturated carbocycles. The Hall–Kier alpha value is -2.72. The molecular formula is C20H24N4O4S2. The minimum atomic E-state index is -3.68. The van der Waals surface area contributed by atoms with Gasteiger partial charge >= 0.3 is 0 Å². The Morgan fingerprint density at radius 1 is 1.17 bits per heavy atom. The van der Waals surface area contributed by atoms with Gasteiger partial charge in [-0.25, -0.2) is 8.42 Å². The summed E-state index contributed by atoms with van der Waals surface area (Å²) in [4.78, 5) is 20.1. The number of carbonyl (C=O) groups excluding carboxylic acids is 1. The number of hydrogen-bond acceptors (Lipinski definition) is 7. The molecule has 30 heavy (non-hydrogen) atoms. The van der Waals surface area contributed by atoms with Crippen molar-refractivity contribution in [2.24, 2.45) is 0 Å². The Balaban J connectivity index is 1.85. The molecule has 1 aromatic carbocycles. The molecule has 0 saturated heterocycles. The minimum Gasteiger partial charge on any atom is -0.337 e. The number of para-hydroxylation sites is 1. The number of rotatable bonds is 9. The molecule has 0 unspecified atom stereocenters. The highest BCUT2D eigenvalue weighted by Crippen LogP contribution is 2.24. The number of aromatic nitrogens is 2. The molecule has 0 fully saturated rings. The average molecular weight is 449 g/mol. The summed E-state index contributed by atoms with van der Waals surface area (Å²) in [6, 6.07) is 11.6. The van der Waals surface area contributed by atoms with Crippen LogP contribution < -0.4 is 4.31 Å². The Morgan fingerprint density at radius 3 is 2.47 bits per heavy atom. The maximum atomic E-state index is 13.3. The molecule has 0 radical (unpaired) electrons. The normalized spacial score (nSPS) is 12.5. The fourth-order valence-corrected chi connectivity index (χ4v) is 5.02. The molecule has 8 nitrogen and oxygen atoms in total. The molecule has 1 atom stereocenters. The third-order valence-electron chi connectivity index (χ3n) is 4.55. The van der Waals surface area contributed by atoms with Crippen LogP contribution in [0.25, 0.3) is 10.7 Å². The first kappa shape index (κ1) is 22.0. The molecule has 0 spiro atoms. The molecule has 3 aromatic rings. The highest BCUT2D eigenvalue weighted by atomic mass is 32.2. The van der Waals surface area contributed by atoms with Crippen LogP contribution in [0.5, 0.6) is 0 Å². The van der Waals surface area contributed by atoms with Gasteiger partial charge in [-0.1, -0.05) is 36.3 Å². The van der Waals surface area contributed by atoms with Gasteiger partial charge in [-0.2, -0.15) is 4.98 Å². The van der Waals surface area contributed by atoms with Crippen molar-refractivity contribution in [1.82, 2.24) is 15.0 Å². The zero-order valence-electron chi connectivity index (χ0n) is 17.1. The minimum absolute atomic E-state index is 0.108. The van der Waals surface area contributed by atoms with Gasteiger partial charge in [0.25, 0.3) is 0 Å². The number of carbonyl (C=O) groups is 1. The second-order valence-corrected chi connectivity index (χ2v) is 9.47. The van der Waals surface area contributed by atoms with Crippen molar-refractivity contribution in [1.29, 1.82) is 0 Å². The number of sulfonamides is 1. The molecule has 160 valence electrons. The van der Waals surface area contributed by atoms with E-state index in [1.165, 1.54) is 20.5 Å². The van der Waals surface area contributed by atoms with E-state index >= 15 is 0 Å². The molecule has 2 aromatic heterocycles. The van der Waals surface area contributed by atoms with Gasteiger partial charge in [0, 0.05) is 6.54 Å². The van der Waals surface area contributed by atoms with Gasteiger partial charge in [0.1, 0.15) is 12.6 Å². The molecule has 1 amide bonds. The Morgan fingerprint density at radius 2 is 1.90 bits per heavy atom. The molecule has 0 bridgehead atoms. The van der Waals surface area contributed by atoms with Crippen LogP contribution in [0.4, 0.5) is 5.69 Å². The first-order valence-electron chi connectivity index (χ1n) is 9.54. The summed E-state index contributed by atoms with van der Waals surface area (Å²) in [5, 5.41) is 5.89. The third-order valence-corrected chi connectivity index (χ3v) is 6.60. The highest BCUT2D eigenvalue weighted by Gasteiger charge is 2.34. The number of hydrogen-bond donors (Lipinski definition) is 0. The standard InChI is InChI=1S/C20H24N4O4S2/c1-4-16(24(30(3,26)27)15-10-7-6-8-11-15)20(25)23(5-2)14-18-21-19(22-28-18)17-12-9-13-29-17/h6-13,16H,4-5,14H2,1-3H3/t16-/m1/s1. The molecule has 10 heteroatoms. The Kier molecular flexibility index (Phi) is 6.88. The van der Waals surface area contributed by atoms with E-state index in [1.54, 1.807) is 37.3 Å². The zero-order chi connectivity index (χ0) is 21.7. The van der Waals surface area contributed by atoms with Gasteiger partial charge in [0.15, 0.2) is 0 Å². The van der Waals surface area contributed by atoms with Crippen LogP contribution in [-0.2, 0) is 21.4 Å². The summed E-state index contributed by atoms with van der Waals surface area (Å²) < 4.78 is 31.6. The fourth-order valence-electron chi connectivity index (χ4n) is 3.16. The predicted octanol–water partition coefficient (Wildman–Crippen LogP) is 3.39. The molecule has 0 aliphatic carbocycles. The van der Waals surface area contributed by atoms with Gasteiger partial charge in [0.05, 0.1) is 16.8 Å². The molecule has 2 heterocycles. The van der Waals surface area contributed by atoms with Crippen molar-refractivity contribution >= 4 is 33.0 Å². The van der Waals surface area contributed by atoms with Crippen LogP contribution in [0.3, 0.4) is 0 Å². The quantitative estimate of drug-likeness (QED) is 0.498. The average Bonchev–Trinajstić information content (AvgIpc) is 3.41.